The number of fused-ring (bicyclic) bond motifs is 3. The van der Waals surface area contributed by atoms with E-state index < -0.39 is 8.15 Å². The number of aromatic nitrogens is 2. The third-order valence-corrected chi connectivity index (χ3v) is 7.69. The second kappa shape index (κ2) is 8.54. The number of hydrogen-bond acceptors (Lipinski definition) is 2. The number of hydrogen-bond donors (Lipinski definition) is 1. The summed E-state index contributed by atoms with van der Waals surface area (Å²) in [4.78, 5) is 7.93. The molecule has 6 rings (SSSR count). The highest BCUT2D eigenvalue weighted by atomic mass is 31.1. The Morgan fingerprint density at radius 2 is 1.30 bits per heavy atom. The lowest BCUT2D eigenvalue weighted by Crippen LogP contribution is -2.15. The minimum atomic E-state index is -1.03. The molecule has 0 spiro atoms. The van der Waals surface area contributed by atoms with Crippen LogP contribution in [-0.2, 0) is 0 Å². The van der Waals surface area contributed by atoms with E-state index in [1.165, 1.54) is 21.4 Å². The fraction of sp³-hybridized carbons (Fsp3) is 0. The molecule has 0 aliphatic heterocycles. The van der Waals surface area contributed by atoms with Gasteiger partial charge in [0.05, 0.1) is 6.20 Å². The van der Waals surface area contributed by atoms with Crippen molar-refractivity contribution < 1.29 is 4.52 Å². The Kier molecular flexibility index (Phi) is 5.10. The predicted octanol–water partition coefficient (Wildman–Crippen LogP) is 6.81. The van der Waals surface area contributed by atoms with Crippen molar-refractivity contribution in [2.45, 2.75) is 0 Å². The molecule has 0 radical (unpaired) electrons. The van der Waals surface area contributed by atoms with Crippen molar-refractivity contribution in [1.82, 2.24) is 9.97 Å². The zero-order valence-electron chi connectivity index (χ0n) is 17.8. The lowest BCUT2D eigenvalue weighted by molar-refractivity contribution is 0.628. The third-order valence-electron chi connectivity index (χ3n) is 5.77. The van der Waals surface area contributed by atoms with E-state index >= 15 is 0 Å². The van der Waals surface area contributed by atoms with Gasteiger partial charge < -0.3 is 9.51 Å². The van der Waals surface area contributed by atoms with Gasteiger partial charge in [-0.1, -0.05) is 91.0 Å². The first-order chi connectivity index (χ1) is 16.4. The topological polar surface area (TPSA) is 37.9 Å². The summed E-state index contributed by atoms with van der Waals surface area (Å²) in [5.41, 5.74) is 4.39. The molecule has 2 aromatic heterocycles. The van der Waals surface area contributed by atoms with Crippen LogP contribution in [0, 0.1) is 0 Å². The van der Waals surface area contributed by atoms with E-state index in [4.69, 9.17) is 4.52 Å². The number of benzene rings is 4. The number of aromatic amines is 1. The largest absolute Gasteiger partial charge is 0.462 e. The van der Waals surface area contributed by atoms with Crippen LogP contribution in [0.4, 0.5) is 0 Å². The van der Waals surface area contributed by atoms with Crippen molar-refractivity contribution >= 4 is 40.6 Å². The van der Waals surface area contributed by atoms with Crippen LogP contribution in [0.1, 0.15) is 0 Å². The lowest BCUT2D eigenvalue weighted by atomic mass is 10.0. The monoisotopic (exact) mass is 444 g/mol. The summed E-state index contributed by atoms with van der Waals surface area (Å²) in [5, 5.41) is 4.79. The molecule has 0 amide bonds. The molecule has 6 aromatic rings. The molecule has 3 nitrogen and oxygen atoms in total. The first kappa shape index (κ1) is 19.7. The van der Waals surface area contributed by atoms with Crippen molar-refractivity contribution in [3.8, 4) is 16.9 Å². The minimum absolute atomic E-state index is 0.784. The molecule has 4 aromatic carbocycles. The maximum absolute atomic E-state index is 6.74. The molecule has 0 aliphatic rings. The van der Waals surface area contributed by atoms with Gasteiger partial charge in [0, 0.05) is 44.2 Å². The van der Waals surface area contributed by atoms with Crippen molar-refractivity contribution in [3.63, 3.8) is 0 Å². The Hall–Kier alpha value is -3.94. The average Bonchev–Trinajstić information content (AvgIpc) is 3.26. The zero-order valence-corrected chi connectivity index (χ0v) is 18.7. The Labute approximate surface area is 193 Å². The molecule has 0 saturated carbocycles. The molecule has 0 fully saturated rings. The van der Waals surface area contributed by atoms with Gasteiger partial charge in [0.25, 0.3) is 0 Å². The number of H-pyrrole nitrogens is 1. The summed E-state index contributed by atoms with van der Waals surface area (Å²) in [5.74, 6) is 0.784. The molecule has 0 unspecified atom stereocenters. The fourth-order valence-corrected chi connectivity index (χ4v) is 5.93. The average molecular weight is 444 g/mol. The molecule has 33 heavy (non-hydrogen) atoms. The Bertz CT molecular complexity index is 1500. The smallest absolute Gasteiger partial charge is 0.150 e. The maximum Gasteiger partial charge on any atom is 0.150 e. The van der Waals surface area contributed by atoms with Gasteiger partial charge in [0.1, 0.15) is 5.75 Å². The van der Waals surface area contributed by atoms with Crippen LogP contribution in [0.15, 0.2) is 122 Å². The number of pyridine rings is 1. The van der Waals surface area contributed by atoms with Gasteiger partial charge in [-0.3, -0.25) is 4.98 Å². The number of para-hydroxylation sites is 1. The molecule has 2 heterocycles. The molecule has 4 heteroatoms. The van der Waals surface area contributed by atoms with Gasteiger partial charge in [-0.2, -0.15) is 0 Å². The third kappa shape index (κ3) is 3.77. The highest BCUT2D eigenvalue weighted by molar-refractivity contribution is 7.68. The Morgan fingerprint density at radius 1 is 0.636 bits per heavy atom. The van der Waals surface area contributed by atoms with E-state index in [0.29, 0.717) is 0 Å². The van der Waals surface area contributed by atoms with Crippen LogP contribution < -0.4 is 15.1 Å². The van der Waals surface area contributed by atoms with E-state index in [-0.39, 0.29) is 0 Å². The van der Waals surface area contributed by atoms with Crippen molar-refractivity contribution in [3.05, 3.63) is 122 Å². The fourth-order valence-electron chi connectivity index (χ4n) is 4.19. The molecule has 158 valence electrons. The SMILES string of the molecule is c1ccc(P(Oc2cnccc2-c2ccc3c(c2)[nH]c2ccccc23)c2ccccc2)cc1. The van der Waals surface area contributed by atoms with E-state index in [2.05, 4.69) is 101 Å². The quantitative estimate of drug-likeness (QED) is 0.297. The van der Waals surface area contributed by atoms with Gasteiger partial charge in [0.2, 0.25) is 0 Å². The summed E-state index contributed by atoms with van der Waals surface area (Å²) in [7, 11) is -1.03. The van der Waals surface area contributed by atoms with E-state index in [0.717, 1.165) is 27.9 Å². The highest BCUT2D eigenvalue weighted by Gasteiger charge is 2.19. The first-order valence-electron chi connectivity index (χ1n) is 10.9. The van der Waals surface area contributed by atoms with E-state index in [9.17, 15) is 0 Å². The summed E-state index contributed by atoms with van der Waals surface area (Å²) in [6.07, 6.45) is 3.65. The minimum Gasteiger partial charge on any atom is -0.462 e. The van der Waals surface area contributed by atoms with Gasteiger partial charge in [0.15, 0.2) is 8.15 Å². The lowest BCUT2D eigenvalue weighted by Gasteiger charge is -2.21. The normalized spacial score (nSPS) is 11.3. The second-order valence-corrected chi connectivity index (χ2v) is 9.66. The molecule has 0 bridgehead atoms. The number of nitrogens with one attached hydrogen (secondary N) is 1. The molecule has 0 saturated heterocycles. The molecular weight excluding hydrogens is 423 g/mol. The van der Waals surface area contributed by atoms with Gasteiger partial charge in [-0.05, 0) is 23.8 Å². The van der Waals surface area contributed by atoms with Crippen molar-refractivity contribution in [2.24, 2.45) is 0 Å². The summed E-state index contributed by atoms with van der Waals surface area (Å²) < 4.78 is 6.74. The van der Waals surface area contributed by atoms with Gasteiger partial charge in [-0.15, -0.1) is 0 Å². The van der Waals surface area contributed by atoms with Crippen LogP contribution in [0.5, 0.6) is 5.75 Å². The molecule has 0 atom stereocenters. The summed E-state index contributed by atoms with van der Waals surface area (Å²) in [6.45, 7) is 0. The summed E-state index contributed by atoms with van der Waals surface area (Å²) in [6, 6.07) is 37.8. The van der Waals surface area contributed by atoms with Crippen LogP contribution >= 0.6 is 8.15 Å². The van der Waals surface area contributed by atoms with E-state index in [1.54, 1.807) is 0 Å². The van der Waals surface area contributed by atoms with Gasteiger partial charge >= 0.3 is 0 Å². The molecular formula is C29H21N2OP. The van der Waals surface area contributed by atoms with E-state index in [1.807, 2.05) is 30.6 Å². The van der Waals surface area contributed by atoms with Crippen LogP contribution in [0.3, 0.4) is 0 Å². The number of rotatable bonds is 5. The standard InChI is InChI=1S/C29H21N2OP/c1-3-9-22(10-4-1)33(23-11-5-2-6-12-23)32-29-20-30-18-17-24(29)21-15-16-26-25-13-7-8-14-27(25)31-28(26)19-21/h1-20,31H. The highest BCUT2D eigenvalue weighted by Crippen LogP contribution is 2.41. The van der Waals surface area contributed by atoms with Crippen molar-refractivity contribution in [2.75, 3.05) is 0 Å². The number of nitrogens with zero attached hydrogens (tertiary/aromatic N) is 1. The Morgan fingerprint density at radius 3 is 2.06 bits per heavy atom. The van der Waals surface area contributed by atoms with Crippen molar-refractivity contribution in [1.29, 1.82) is 0 Å². The maximum atomic E-state index is 6.74. The molecule has 0 aliphatic carbocycles. The van der Waals surface area contributed by atoms with Crippen LogP contribution in [0.25, 0.3) is 32.9 Å². The Balaban J connectivity index is 1.44. The zero-order chi connectivity index (χ0) is 22.0. The first-order valence-corrected chi connectivity index (χ1v) is 12.2. The second-order valence-electron chi connectivity index (χ2n) is 7.86. The van der Waals surface area contributed by atoms with Gasteiger partial charge in [-0.25, -0.2) is 0 Å². The molecule has 1 N–H and O–H groups in total. The predicted molar refractivity (Wildman–Crippen MR) is 139 cm³/mol. The summed E-state index contributed by atoms with van der Waals surface area (Å²) >= 11 is 0. The van der Waals surface area contributed by atoms with Crippen LogP contribution in [-0.4, -0.2) is 9.97 Å². The van der Waals surface area contributed by atoms with Crippen LogP contribution in [0.2, 0.25) is 0 Å².